The summed E-state index contributed by atoms with van der Waals surface area (Å²) in [5, 5.41) is 0.360. The third-order valence-electron chi connectivity index (χ3n) is 3.87. The number of rotatable bonds is 7. The van der Waals surface area contributed by atoms with Crippen molar-refractivity contribution in [3.8, 4) is 6.01 Å². The largest absolute Gasteiger partial charge is 0.465 e. The molecule has 0 atom stereocenters. The fraction of sp³-hybridized carbons (Fsp3) is 0.562. The van der Waals surface area contributed by atoms with E-state index in [4.69, 9.17) is 9.15 Å². The Morgan fingerprint density at radius 3 is 2.95 bits per heavy atom. The average molecular weight is 304 g/mol. The normalized spacial score (nSPS) is 14.4. The summed E-state index contributed by atoms with van der Waals surface area (Å²) in [7, 11) is 0. The van der Waals surface area contributed by atoms with Crippen molar-refractivity contribution in [3.63, 3.8) is 0 Å². The Balaban J connectivity index is 1.93. The molecule has 1 N–H and O–H groups in total. The summed E-state index contributed by atoms with van der Waals surface area (Å²) < 4.78 is 10.4. The van der Waals surface area contributed by atoms with E-state index in [1.54, 1.807) is 0 Å². The van der Waals surface area contributed by atoms with Crippen molar-refractivity contribution in [3.05, 3.63) is 32.4 Å². The lowest BCUT2D eigenvalue weighted by atomic mass is 10.1. The van der Waals surface area contributed by atoms with Gasteiger partial charge < -0.3 is 9.15 Å². The van der Waals surface area contributed by atoms with Crippen molar-refractivity contribution in [1.82, 2.24) is 9.97 Å². The van der Waals surface area contributed by atoms with Gasteiger partial charge in [0, 0.05) is 6.07 Å². The summed E-state index contributed by atoms with van der Waals surface area (Å²) in [6.45, 7) is 2.40. The van der Waals surface area contributed by atoms with E-state index in [0.29, 0.717) is 24.0 Å². The second-order valence-electron chi connectivity index (χ2n) is 5.83. The Morgan fingerprint density at radius 2 is 2.23 bits per heavy atom. The van der Waals surface area contributed by atoms with E-state index in [0.717, 1.165) is 25.2 Å². The number of hydrogen-bond acceptors (Lipinski definition) is 5. The zero-order valence-corrected chi connectivity index (χ0v) is 12.7. The topological polar surface area (TPSA) is 85.2 Å². The summed E-state index contributed by atoms with van der Waals surface area (Å²) in [6.07, 6.45) is 6.21. The molecule has 0 bridgehead atoms. The molecule has 2 heterocycles. The first-order valence-electron chi connectivity index (χ1n) is 7.87. The summed E-state index contributed by atoms with van der Waals surface area (Å²) in [5.41, 5.74) is -0.0267. The molecule has 0 radical (unpaired) electrons. The van der Waals surface area contributed by atoms with Crippen molar-refractivity contribution in [2.24, 2.45) is 5.92 Å². The van der Waals surface area contributed by atoms with Gasteiger partial charge in [-0.1, -0.05) is 26.2 Å². The molecule has 0 aromatic carbocycles. The van der Waals surface area contributed by atoms with E-state index < -0.39 is 5.63 Å². The summed E-state index contributed by atoms with van der Waals surface area (Å²) in [5.74, 6) is 0.830. The van der Waals surface area contributed by atoms with E-state index in [9.17, 15) is 9.59 Å². The van der Waals surface area contributed by atoms with Gasteiger partial charge in [0.15, 0.2) is 0 Å². The molecule has 0 unspecified atom stereocenters. The Labute approximate surface area is 127 Å². The lowest BCUT2D eigenvalue weighted by Crippen LogP contribution is -2.15. The molecule has 0 saturated heterocycles. The second-order valence-corrected chi connectivity index (χ2v) is 5.83. The van der Waals surface area contributed by atoms with Crippen LogP contribution in [0.1, 0.15) is 44.6 Å². The first-order valence-corrected chi connectivity index (χ1v) is 7.87. The third kappa shape index (κ3) is 3.37. The summed E-state index contributed by atoms with van der Waals surface area (Å²) in [6, 6.07) is 1.50. The highest BCUT2D eigenvalue weighted by Crippen LogP contribution is 2.34. The highest BCUT2D eigenvalue weighted by Gasteiger charge is 2.21. The molecular formula is C16H20N2O4. The molecule has 3 rings (SSSR count). The number of ether oxygens (including phenoxy) is 1. The van der Waals surface area contributed by atoms with Crippen LogP contribution in [0.15, 0.2) is 20.1 Å². The standard InChI is InChI=1S/C16H20N2O4/c1-2-8-21-16-17-14(20)13-11(5-3-4-10-6-7-10)9-12(19)22-15(13)18-16/h9-10H,2-8H2,1H3,(H,17,18,20). The molecule has 6 nitrogen and oxygen atoms in total. The zero-order valence-electron chi connectivity index (χ0n) is 12.7. The van der Waals surface area contributed by atoms with Crippen molar-refractivity contribution in [2.45, 2.75) is 45.4 Å². The smallest absolute Gasteiger partial charge is 0.337 e. The van der Waals surface area contributed by atoms with Gasteiger partial charge in [-0.15, -0.1) is 0 Å². The lowest BCUT2D eigenvalue weighted by Gasteiger charge is -2.06. The number of H-pyrrole nitrogens is 1. The Bertz CT molecular complexity index is 774. The van der Waals surface area contributed by atoms with E-state index in [-0.39, 0.29) is 17.3 Å². The van der Waals surface area contributed by atoms with Crippen LogP contribution >= 0.6 is 0 Å². The van der Waals surface area contributed by atoms with Crippen molar-refractivity contribution in [1.29, 1.82) is 0 Å². The molecule has 1 fully saturated rings. The van der Waals surface area contributed by atoms with Crippen molar-refractivity contribution < 1.29 is 9.15 Å². The average Bonchev–Trinajstić information content (AvgIpc) is 3.28. The van der Waals surface area contributed by atoms with Gasteiger partial charge in [-0.2, -0.15) is 4.98 Å². The Morgan fingerprint density at radius 1 is 1.41 bits per heavy atom. The number of hydrogen-bond donors (Lipinski definition) is 1. The third-order valence-corrected chi connectivity index (χ3v) is 3.87. The molecule has 0 amide bonds. The van der Waals surface area contributed by atoms with E-state index in [1.165, 1.54) is 18.9 Å². The van der Waals surface area contributed by atoms with Gasteiger partial charge in [0.25, 0.3) is 11.6 Å². The van der Waals surface area contributed by atoms with Crippen LogP contribution in [-0.4, -0.2) is 16.6 Å². The molecule has 0 aliphatic heterocycles. The second kappa shape index (κ2) is 6.34. The van der Waals surface area contributed by atoms with Crippen LogP contribution in [0.4, 0.5) is 0 Å². The lowest BCUT2D eigenvalue weighted by molar-refractivity contribution is 0.291. The van der Waals surface area contributed by atoms with Gasteiger partial charge in [0.2, 0.25) is 5.71 Å². The SMILES string of the molecule is CCCOc1nc2oc(=O)cc(CCCC3CC3)c2c(=O)[nH]1. The number of nitrogens with one attached hydrogen (secondary N) is 1. The molecular weight excluding hydrogens is 284 g/mol. The number of aromatic nitrogens is 2. The molecule has 22 heavy (non-hydrogen) atoms. The highest BCUT2D eigenvalue weighted by molar-refractivity contribution is 5.75. The Kier molecular flexibility index (Phi) is 4.27. The van der Waals surface area contributed by atoms with Gasteiger partial charge in [-0.3, -0.25) is 9.78 Å². The minimum absolute atomic E-state index is 0.0591. The monoisotopic (exact) mass is 304 g/mol. The van der Waals surface area contributed by atoms with Crippen molar-refractivity contribution >= 4 is 11.1 Å². The van der Waals surface area contributed by atoms with Gasteiger partial charge in [-0.05, 0) is 30.7 Å². The zero-order chi connectivity index (χ0) is 15.5. The van der Waals surface area contributed by atoms with Gasteiger partial charge >= 0.3 is 5.63 Å². The number of nitrogens with zero attached hydrogens (tertiary/aromatic N) is 1. The van der Waals surface area contributed by atoms with E-state index in [1.807, 2.05) is 6.92 Å². The molecule has 0 spiro atoms. The molecule has 118 valence electrons. The maximum absolute atomic E-state index is 12.3. The first-order chi connectivity index (χ1) is 10.7. The number of aryl methyl sites for hydroxylation is 1. The van der Waals surface area contributed by atoms with E-state index in [2.05, 4.69) is 9.97 Å². The molecule has 1 aliphatic rings. The fourth-order valence-electron chi connectivity index (χ4n) is 2.58. The predicted molar refractivity (Wildman–Crippen MR) is 82.3 cm³/mol. The highest BCUT2D eigenvalue weighted by atomic mass is 16.5. The van der Waals surface area contributed by atoms with Gasteiger partial charge in [-0.25, -0.2) is 4.79 Å². The fourth-order valence-corrected chi connectivity index (χ4v) is 2.58. The quantitative estimate of drug-likeness (QED) is 0.849. The maximum atomic E-state index is 12.3. The first kappa shape index (κ1) is 14.8. The summed E-state index contributed by atoms with van der Waals surface area (Å²) in [4.78, 5) is 30.7. The number of aromatic amines is 1. The molecule has 1 aliphatic carbocycles. The van der Waals surface area contributed by atoms with Crippen LogP contribution in [0.2, 0.25) is 0 Å². The van der Waals surface area contributed by atoms with Crippen LogP contribution in [0.3, 0.4) is 0 Å². The summed E-state index contributed by atoms with van der Waals surface area (Å²) >= 11 is 0. The van der Waals surface area contributed by atoms with Gasteiger partial charge in [0.1, 0.15) is 5.39 Å². The predicted octanol–water partition coefficient (Wildman–Crippen LogP) is 2.40. The van der Waals surface area contributed by atoms with Gasteiger partial charge in [0.05, 0.1) is 6.61 Å². The Hall–Kier alpha value is -2.11. The van der Waals surface area contributed by atoms with Crippen LogP contribution in [0, 0.1) is 5.92 Å². The van der Waals surface area contributed by atoms with Crippen LogP contribution < -0.4 is 15.9 Å². The molecule has 2 aromatic rings. The minimum Gasteiger partial charge on any atom is -0.465 e. The van der Waals surface area contributed by atoms with Crippen LogP contribution in [0.25, 0.3) is 11.1 Å². The van der Waals surface area contributed by atoms with Crippen LogP contribution in [0.5, 0.6) is 6.01 Å². The maximum Gasteiger partial charge on any atom is 0.337 e. The molecule has 6 heteroatoms. The number of fused-ring (bicyclic) bond motifs is 1. The van der Waals surface area contributed by atoms with E-state index >= 15 is 0 Å². The molecule has 1 saturated carbocycles. The molecule has 2 aromatic heterocycles. The van der Waals surface area contributed by atoms with Crippen LogP contribution in [-0.2, 0) is 6.42 Å². The van der Waals surface area contributed by atoms with Crippen molar-refractivity contribution in [2.75, 3.05) is 6.61 Å². The minimum atomic E-state index is -0.478.